The first-order chi connectivity index (χ1) is 8.25. The molecule has 0 atom stereocenters. The molecule has 0 spiro atoms. The van der Waals surface area contributed by atoms with Crippen molar-refractivity contribution >= 4 is 0 Å². The molecule has 17 heavy (non-hydrogen) atoms. The molecule has 0 unspecified atom stereocenters. The molecule has 86 valence electrons. The molecule has 3 aromatic heterocycles. The average molecular weight is 231 g/mol. The molecule has 0 saturated heterocycles. The maximum atomic E-state index is 5.49. The number of hydrogen-bond donors (Lipinski definition) is 0. The summed E-state index contributed by atoms with van der Waals surface area (Å²) in [6.07, 6.45) is 4.81. The van der Waals surface area contributed by atoms with Gasteiger partial charge in [0, 0.05) is 19.4 Å². The molecule has 0 aliphatic carbocycles. The number of hydrogen-bond acceptors (Lipinski definition) is 6. The fraction of sp³-hybridized carbons (Fsp3) is 0.200. The lowest BCUT2D eigenvalue weighted by Gasteiger charge is -1.93. The highest BCUT2D eigenvalue weighted by Gasteiger charge is 2.17. The van der Waals surface area contributed by atoms with E-state index in [1.807, 2.05) is 14.0 Å². The third kappa shape index (κ3) is 1.52. The van der Waals surface area contributed by atoms with Gasteiger partial charge in [0.25, 0.3) is 11.8 Å². The highest BCUT2D eigenvalue weighted by Crippen LogP contribution is 2.24. The number of oxazole rings is 1. The second-order valence-corrected chi connectivity index (χ2v) is 3.54. The van der Waals surface area contributed by atoms with Crippen LogP contribution in [0.2, 0.25) is 0 Å². The van der Waals surface area contributed by atoms with Gasteiger partial charge in [-0.15, -0.1) is 10.2 Å². The van der Waals surface area contributed by atoms with Crippen LogP contribution in [0.3, 0.4) is 0 Å². The van der Waals surface area contributed by atoms with E-state index < -0.39 is 0 Å². The summed E-state index contributed by atoms with van der Waals surface area (Å²) in [5, 5.41) is 7.84. The first-order valence-corrected chi connectivity index (χ1v) is 4.97. The van der Waals surface area contributed by atoms with Gasteiger partial charge in [-0.3, -0.25) is 0 Å². The molecule has 3 rings (SSSR count). The van der Waals surface area contributed by atoms with Crippen molar-refractivity contribution in [3.8, 4) is 23.4 Å². The molecule has 0 bridgehead atoms. The fourth-order valence-electron chi connectivity index (χ4n) is 1.48. The lowest BCUT2D eigenvalue weighted by molar-refractivity contribution is 0.516. The summed E-state index contributed by atoms with van der Waals surface area (Å²) in [7, 11) is 1.85. The van der Waals surface area contributed by atoms with Gasteiger partial charge < -0.3 is 13.4 Å². The molecule has 0 aromatic carbocycles. The van der Waals surface area contributed by atoms with Gasteiger partial charge in [-0.2, -0.15) is 0 Å². The van der Waals surface area contributed by atoms with Crippen LogP contribution in [0.4, 0.5) is 0 Å². The predicted molar refractivity (Wildman–Crippen MR) is 56.7 cm³/mol. The van der Waals surface area contributed by atoms with E-state index in [9.17, 15) is 0 Å². The van der Waals surface area contributed by atoms with Gasteiger partial charge in [0.15, 0.2) is 12.2 Å². The predicted octanol–water partition coefficient (Wildman–Crippen LogP) is 1.43. The molecular weight excluding hydrogens is 222 g/mol. The zero-order chi connectivity index (χ0) is 11.8. The zero-order valence-electron chi connectivity index (χ0n) is 9.28. The minimum absolute atomic E-state index is 0.304. The number of nitrogens with zero attached hydrogens (tertiary/aromatic N) is 5. The summed E-state index contributed by atoms with van der Waals surface area (Å²) >= 11 is 0. The van der Waals surface area contributed by atoms with Crippen LogP contribution in [0.15, 0.2) is 27.6 Å². The molecular formula is C10H9N5O2. The molecule has 3 aromatic rings. The van der Waals surface area contributed by atoms with E-state index in [1.54, 1.807) is 17.0 Å². The number of aryl methyl sites for hydroxylation is 2. The zero-order valence-corrected chi connectivity index (χ0v) is 9.28. The van der Waals surface area contributed by atoms with Crippen LogP contribution in [-0.4, -0.2) is 24.7 Å². The Bertz CT molecular complexity index is 596. The summed E-state index contributed by atoms with van der Waals surface area (Å²) in [6.45, 7) is 1.81. The van der Waals surface area contributed by atoms with Gasteiger partial charge in [0.05, 0.1) is 5.69 Å². The van der Waals surface area contributed by atoms with Crippen molar-refractivity contribution in [2.45, 2.75) is 6.92 Å². The topological polar surface area (TPSA) is 82.8 Å². The van der Waals surface area contributed by atoms with Crippen LogP contribution in [0.25, 0.3) is 23.4 Å². The van der Waals surface area contributed by atoms with E-state index in [2.05, 4.69) is 20.2 Å². The Balaban J connectivity index is 2.05. The van der Waals surface area contributed by atoms with Gasteiger partial charge in [-0.05, 0) is 6.92 Å². The fourth-order valence-corrected chi connectivity index (χ4v) is 1.48. The standard InChI is InChI=1S/C10H9N5O2/c1-6-7(16-5-12-6)9-13-14-10(17-9)8-11-3-4-15(8)2/h3-5H,1-2H3. The molecule has 0 amide bonds. The largest absolute Gasteiger partial charge is 0.438 e. The SMILES string of the molecule is Cc1ncoc1-c1nnc(-c2nccn2C)o1. The smallest absolute Gasteiger partial charge is 0.286 e. The second-order valence-electron chi connectivity index (χ2n) is 3.54. The van der Waals surface area contributed by atoms with E-state index in [4.69, 9.17) is 8.83 Å². The molecule has 0 radical (unpaired) electrons. The van der Waals surface area contributed by atoms with E-state index >= 15 is 0 Å². The summed E-state index contributed by atoms with van der Waals surface area (Å²) in [5.41, 5.74) is 0.708. The van der Waals surface area contributed by atoms with Gasteiger partial charge in [0.2, 0.25) is 5.76 Å². The molecule has 0 aliphatic rings. The summed E-state index contributed by atoms with van der Waals surface area (Å²) in [4.78, 5) is 8.09. The van der Waals surface area contributed by atoms with Crippen LogP contribution in [0.5, 0.6) is 0 Å². The van der Waals surface area contributed by atoms with Gasteiger partial charge in [-0.1, -0.05) is 0 Å². The first kappa shape index (κ1) is 9.76. The Labute approximate surface area is 96.1 Å². The lowest BCUT2D eigenvalue weighted by atomic mass is 10.4. The molecule has 7 heteroatoms. The maximum Gasteiger partial charge on any atom is 0.286 e. The van der Waals surface area contributed by atoms with Gasteiger partial charge in [0.1, 0.15) is 0 Å². The van der Waals surface area contributed by atoms with Gasteiger partial charge in [-0.25, -0.2) is 9.97 Å². The Morgan fingerprint density at radius 2 is 2.00 bits per heavy atom. The normalized spacial score (nSPS) is 10.9. The quantitative estimate of drug-likeness (QED) is 0.663. The maximum absolute atomic E-state index is 5.49. The van der Waals surface area contributed by atoms with Crippen molar-refractivity contribution in [3.63, 3.8) is 0 Å². The highest BCUT2D eigenvalue weighted by molar-refractivity contribution is 5.50. The molecule has 0 fully saturated rings. The average Bonchev–Trinajstić information content (AvgIpc) is 2.97. The Hall–Kier alpha value is -2.44. The Kier molecular flexibility index (Phi) is 2.04. The highest BCUT2D eigenvalue weighted by atomic mass is 16.4. The van der Waals surface area contributed by atoms with E-state index in [0.717, 1.165) is 0 Å². The van der Waals surface area contributed by atoms with E-state index in [0.29, 0.717) is 29.1 Å². The first-order valence-electron chi connectivity index (χ1n) is 4.97. The van der Waals surface area contributed by atoms with Crippen molar-refractivity contribution < 1.29 is 8.83 Å². The molecule has 3 heterocycles. The van der Waals surface area contributed by atoms with Crippen molar-refractivity contribution in [1.29, 1.82) is 0 Å². The minimum Gasteiger partial charge on any atom is -0.438 e. The van der Waals surface area contributed by atoms with Crippen molar-refractivity contribution in [1.82, 2.24) is 24.7 Å². The Morgan fingerprint density at radius 3 is 2.65 bits per heavy atom. The number of aromatic nitrogens is 5. The monoisotopic (exact) mass is 231 g/mol. The third-order valence-corrected chi connectivity index (χ3v) is 2.38. The van der Waals surface area contributed by atoms with Crippen LogP contribution in [0, 0.1) is 6.92 Å². The Morgan fingerprint density at radius 1 is 1.18 bits per heavy atom. The van der Waals surface area contributed by atoms with Gasteiger partial charge >= 0.3 is 0 Å². The third-order valence-electron chi connectivity index (χ3n) is 2.38. The summed E-state index contributed by atoms with van der Waals surface area (Å²) in [6, 6.07) is 0. The molecule has 0 N–H and O–H groups in total. The number of imidazole rings is 1. The number of rotatable bonds is 2. The molecule has 7 nitrogen and oxygen atoms in total. The molecule has 0 saturated carbocycles. The van der Waals surface area contributed by atoms with E-state index in [1.165, 1.54) is 6.39 Å². The summed E-state index contributed by atoms with van der Waals surface area (Å²) in [5.74, 6) is 1.75. The van der Waals surface area contributed by atoms with Crippen LogP contribution >= 0.6 is 0 Å². The lowest BCUT2D eigenvalue weighted by Crippen LogP contribution is -1.90. The van der Waals surface area contributed by atoms with Crippen LogP contribution < -0.4 is 0 Å². The van der Waals surface area contributed by atoms with E-state index in [-0.39, 0.29) is 0 Å². The van der Waals surface area contributed by atoms with Crippen molar-refractivity contribution in [3.05, 3.63) is 24.5 Å². The van der Waals surface area contributed by atoms with Crippen LogP contribution in [-0.2, 0) is 7.05 Å². The van der Waals surface area contributed by atoms with Crippen molar-refractivity contribution in [2.24, 2.45) is 7.05 Å². The second kappa shape index (κ2) is 3.55. The minimum atomic E-state index is 0.304. The summed E-state index contributed by atoms with van der Waals surface area (Å²) < 4.78 is 12.5. The molecule has 0 aliphatic heterocycles. The van der Waals surface area contributed by atoms with Crippen LogP contribution in [0.1, 0.15) is 5.69 Å². The van der Waals surface area contributed by atoms with Crippen molar-refractivity contribution in [2.75, 3.05) is 0 Å².